The van der Waals surface area contributed by atoms with Crippen molar-refractivity contribution >= 4 is 17.3 Å². The van der Waals surface area contributed by atoms with Crippen LogP contribution in [-0.2, 0) is 0 Å². The quantitative estimate of drug-likeness (QED) is 0.624. The van der Waals surface area contributed by atoms with Gasteiger partial charge in [0.15, 0.2) is 0 Å². The molecule has 1 saturated heterocycles. The maximum absolute atomic E-state index is 10.8. The first-order valence-corrected chi connectivity index (χ1v) is 6.98. The zero-order valence-corrected chi connectivity index (χ0v) is 11.7. The van der Waals surface area contributed by atoms with Gasteiger partial charge in [-0.2, -0.15) is 0 Å². The van der Waals surface area contributed by atoms with E-state index in [1.807, 2.05) is 0 Å². The largest absolute Gasteiger partial charge is 0.378 e. The lowest BCUT2D eigenvalue weighted by molar-refractivity contribution is -0.384. The van der Waals surface area contributed by atoms with E-state index in [2.05, 4.69) is 22.1 Å². The van der Waals surface area contributed by atoms with Crippen LogP contribution in [0.3, 0.4) is 0 Å². The molecule has 1 aromatic heterocycles. The number of nitrogens with one attached hydrogen (secondary N) is 1. The number of pyridine rings is 1. The summed E-state index contributed by atoms with van der Waals surface area (Å²) in [6, 6.07) is 3.10. The fraction of sp³-hybridized carbons (Fsp3) is 0.615. The standard InChI is InChI=1S/C13H21N5O2/c1-2-17(9-10-4-3-7-15-8-10)12-6-5-11(18(19)20)13(14)16-12/h5-6,10,15H,2-4,7-9H2,1H3,(H2,14,16). The van der Waals surface area contributed by atoms with E-state index in [4.69, 9.17) is 5.73 Å². The predicted molar refractivity (Wildman–Crippen MR) is 78.8 cm³/mol. The van der Waals surface area contributed by atoms with Crippen LogP contribution in [0.1, 0.15) is 19.8 Å². The third-order valence-corrected chi connectivity index (χ3v) is 3.67. The van der Waals surface area contributed by atoms with Crippen molar-refractivity contribution in [2.75, 3.05) is 36.8 Å². The minimum Gasteiger partial charge on any atom is -0.378 e. The summed E-state index contributed by atoms with van der Waals surface area (Å²) in [6.45, 7) is 5.86. The lowest BCUT2D eigenvalue weighted by Crippen LogP contribution is -2.38. The topological polar surface area (TPSA) is 97.3 Å². The zero-order valence-electron chi connectivity index (χ0n) is 11.7. The monoisotopic (exact) mass is 279 g/mol. The molecule has 20 heavy (non-hydrogen) atoms. The predicted octanol–water partition coefficient (Wildman–Crippen LogP) is 1.40. The second kappa shape index (κ2) is 6.51. The number of anilines is 2. The molecular weight excluding hydrogens is 258 g/mol. The van der Waals surface area contributed by atoms with E-state index in [1.54, 1.807) is 6.07 Å². The van der Waals surface area contributed by atoms with Crippen LogP contribution in [0.5, 0.6) is 0 Å². The molecule has 0 aromatic carbocycles. The van der Waals surface area contributed by atoms with Gasteiger partial charge in [0, 0.05) is 19.2 Å². The first kappa shape index (κ1) is 14.5. The van der Waals surface area contributed by atoms with Crippen molar-refractivity contribution in [2.24, 2.45) is 5.92 Å². The lowest BCUT2D eigenvalue weighted by Gasteiger charge is -2.30. The average Bonchev–Trinajstić information content (AvgIpc) is 2.45. The highest BCUT2D eigenvalue weighted by atomic mass is 16.6. The number of nitrogen functional groups attached to an aromatic ring is 1. The van der Waals surface area contributed by atoms with Crippen molar-refractivity contribution in [2.45, 2.75) is 19.8 Å². The number of aromatic nitrogens is 1. The van der Waals surface area contributed by atoms with Crippen molar-refractivity contribution in [1.29, 1.82) is 0 Å². The van der Waals surface area contributed by atoms with Crippen molar-refractivity contribution in [3.63, 3.8) is 0 Å². The van der Waals surface area contributed by atoms with Gasteiger partial charge in [0.25, 0.3) is 0 Å². The summed E-state index contributed by atoms with van der Waals surface area (Å²) in [4.78, 5) is 16.5. The first-order valence-electron chi connectivity index (χ1n) is 6.98. The molecule has 110 valence electrons. The van der Waals surface area contributed by atoms with Crippen LogP contribution in [0.2, 0.25) is 0 Å². The van der Waals surface area contributed by atoms with E-state index in [-0.39, 0.29) is 11.5 Å². The molecular formula is C13H21N5O2. The van der Waals surface area contributed by atoms with Gasteiger partial charge in [0.1, 0.15) is 5.82 Å². The fourth-order valence-electron chi connectivity index (χ4n) is 2.56. The fourth-order valence-corrected chi connectivity index (χ4v) is 2.56. The number of hydrogen-bond acceptors (Lipinski definition) is 6. The van der Waals surface area contributed by atoms with E-state index in [1.165, 1.54) is 18.9 Å². The highest BCUT2D eigenvalue weighted by Crippen LogP contribution is 2.24. The molecule has 2 heterocycles. The number of rotatable bonds is 5. The van der Waals surface area contributed by atoms with E-state index in [0.717, 1.165) is 26.2 Å². The number of nitro groups is 1. The van der Waals surface area contributed by atoms with Crippen LogP contribution in [0.15, 0.2) is 12.1 Å². The Morgan fingerprint density at radius 3 is 2.95 bits per heavy atom. The van der Waals surface area contributed by atoms with Gasteiger partial charge in [0.2, 0.25) is 5.82 Å². The minimum atomic E-state index is -0.506. The zero-order chi connectivity index (χ0) is 14.5. The molecule has 2 rings (SSSR count). The summed E-state index contributed by atoms with van der Waals surface area (Å²) in [7, 11) is 0. The molecule has 3 N–H and O–H groups in total. The summed E-state index contributed by atoms with van der Waals surface area (Å²) in [5, 5.41) is 14.1. The van der Waals surface area contributed by atoms with Crippen molar-refractivity contribution in [3.8, 4) is 0 Å². The summed E-state index contributed by atoms with van der Waals surface area (Å²) < 4.78 is 0. The van der Waals surface area contributed by atoms with Gasteiger partial charge in [0.05, 0.1) is 4.92 Å². The molecule has 1 aliphatic rings. The van der Waals surface area contributed by atoms with Crippen LogP contribution in [0.4, 0.5) is 17.3 Å². The van der Waals surface area contributed by atoms with Gasteiger partial charge in [-0.1, -0.05) is 0 Å². The Labute approximate surface area is 118 Å². The Morgan fingerprint density at radius 2 is 2.40 bits per heavy atom. The number of nitrogens with two attached hydrogens (primary N) is 1. The summed E-state index contributed by atoms with van der Waals surface area (Å²) in [5.41, 5.74) is 5.52. The van der Waals surface area contributed by atoms with Crippen LogP contribution in [0.25, 0.3) is 0 Å². The SMILES string of the molecule is CCN(CC1CCCNC1)c1ccc([N+](=O)[O-])c(N)n1. The van der Waals surface area contributed by atoms with Gasteiger partial charge in [-0.15, -0.1) is 0 Å². The van der Waals surface area contributed by atoms with Crippen molar-refractivity contribution in [1.82, 2.24) is 10.3 Å². The molecule has 1 unspecified atom stereocenters. The Bertz CT molecular complexity index is 474. The molecule has 1 aromatic rings. The third-order valence-electron chi connectivity index (χ3n) is 3.67. The molecule has 7 heteroatoms. The Hall–Kier alpha value is -1.89. The highest BCUT2D eigenvalue weighted by Gasteiger charge is 2.19. The normalized spacial score (nSPS) is 18.8. The smallest absolute Gasteiger partial charge is 0.311 e. The molecule has 1 fully saturated rings. The van der Waals surface area contributed by atoms with Crippen molar-refractivity contribution in [3.05, 3.63) is 22.2 Å². The Balaban J connectivity index is 2.10. The molecule has 7 nitrogen and oxygen atoms in total. The summed E-state index contributed by atoms with van der Waals surface area (Å²) in [6.07, 6.45) is 2.39. The van der Waals surface area contributed by atoms with Crippen molar-refractivity contribution < 1.29 is 4.92 Å². The maximum atomic E-state index is 10.8. The van der Waals surface area contributed by atoms with Gasteiger partial charge < -0.3 is 16.0 Å². The van der Waals surface area contributed by atoms with Crippen LogP contribution >= 0.6 is 0 Å². The molecule has 1 atom stereocenters. The number of nitrogens with zero attached hydrogens (tertiary/aromatic N) is 3. The van der Waals surface area contributed by atoms with Gasteiger partial charge in [-0.25, -0.2) is 4.98 Å². The molecule has 1 aliphatic heterocycles. The molecule has 0 bridgehead atoms. The van der Waals surface area contributed by atoms with Crippen LogP contribution in [0, 0.1) is 16.0 Å². The third kappa shape index (κ3) is 3.36. The number of hydrogen-bond donors (Lipinski definition) is 2. The van der Waals surface area contributed by atoms with Gasteiger partial charge in [-0.05, 0) is 44.8 Å². The van der Waals surface area contributed by atoms with Gasteiger partial charge in [-0.3, -0.25) is 10.1 Å². The van der Waals surface area contributed by atoms with E-state index in [9.17, 15) is 10.1 Å². The average molecular weight is 279 g/mol. The first-order chi connectivity index (χ1) is 9.61. The van der Waals surface area contributed by atoms with Gasteiger partial charge >= 0.3 is 5.69 Å². The summed E-state index contributed by atoms with van der Waals surface area (Å²) >= 11 is 0. The molecule has 0 spiro atoms. The van der Waals surface area contributed by atoms with E-state index >= 15 is 0 Å². The Kier molecular flexibility index (Phi) is 4.73. The molecule has 0 amide bonds. The van der Waals surface area contributed by atoms with E-state index < -0.39 is 4.92 Å². The second-order valence-electron chi connectivity index (χ2n) is 5.08. The summed E-state index contributed by atoms with van der Waals surface area (Å²) in [5.74, 6) is 1.27. The molecule has 0 saturated carbocycles. The number of piperidine rings is 1. The molecule has 0 aliphatic carbocycles. The van der Waals surface area contributed by atoms with E-state index in [0.29, 0.717) is 11.7 Å². The second-order valence-corrected chi connectivity index (χ2v) is 5.08. The Morgan fingerprint density at radius 1 is 1.60 bits per heavy atom. The van der Waals surface area contributed by atoms with Crippen LogP contribution in [-0.4, -0.2) is 36.1 Å². The minimum absolute atomic E-state index is 0.0206. The highest BCUT2D eigenvalue weighted by molar-refractivity contribution is 5.57. The van der Waals surface area contributed by atoms with Crippen LogP contribution < -0.4 is 16.0 Å². The lowest BCUT2D eigenvalue weighted by atomic mass is 9.99. The molecule has 0 radical (unpaired) electrons. The maximum Gasteiger partial charge on any atom is 0.311 e.